The monoisotopic (exact) mass is 335 g/mol. The number of methoxy groups -OCH3 is 1. The van der Waals surface area contributed by atoms with Gasteiger partial charge in [-0.25, -0.2) is 0 Å². The van der Waals surface area contributed by atoms with Crippen LogP contribution in [0.25, 0.3) is 0 Å². The Bertz CT molecular complexity index is 589. The number of carbonyl (C=O) groups excluding carboxylic acids is 1. The van der Waals surface area contributed by atoms with Gasteiger partial charge in [0, 0.05) is 30.5 Å². The topological polar surface area (TPSA) is 68.2 Å². The van der Waals surface area contributed by atoms with Gasteiger partial charge in [0.05, 0.1) is 39.1 Å². The molecule has 1 aromatic carbocycles. The highest BCUT2D eigenvalue weighted by molar-refractivity contribution is 5.78. The molecule has 2 aliphatic heterocycles. The Kier molecular flexibility index (Phi) is 5.26. The maximum atomic E-state index is 12.8. The predicted molar refractivity (Wildman–Crippen MR) is 88.5 cm³/mol. The van der Waals surface area contributed by atoms with E-state index in [0.717, 1.165) is 17.1 Å². The van der Waals surface area contributed by atoms with Gasteiger partial charge in [-0.15, -0.1) is 0 Å². The van der Waals surface area contributed by atoms with Gasteiger partial charge < -0.3 is 24.2 Å². The molecule has 3 atom stereocenters. The Morgan fingerprint density at radius 2 is 2.29 bits per heavy atom. The molecular formula is C18H25NO5. The van der Waals surface area contributed by atoms with E-state index in [4.69, 9.17) is 14.2 Å². The zero-order valence-electron chi connectivity index (χ0n) is 14.2. The van der Waals surface area contributed by atoms with Gasteiger partial charge in [0.15, 0.2) is 0 Å². The third-order valence-electron chi connectivity index (χ3n) is 4.68. The van der Waals surface area contributed by atoms with Gasteiger partial charge in [0.25, 0.3) is 0 Å². The molecular weight excluding hydrogens is 310 g/mol. The molecule has 1 aromatic rings. The van der Waals surface area contributed by atoms with E-state index >= 15 is 0 Å². The maximum absolute atomic E-state index is 12.8. The number of aliphatic hydroxyl groups excluding tert-OH is 1. The summed E-state index contributed by atoms with van der Waals surface area (Å²) < 4.78 is 16.4. The number of nitrogens with zero attached hydrogens (tertiary/aromatic N) is 1. The van der Waals surface area contributed by atoms with Crippen LogP contribution in [-0.4, -0.2) is 61.5 Å². The number of ether oxygens (including phenoxy) is 3. The van der Waals surface area contributed by atoms with Crippen molar-refractivity contribution in [2.45, 2.75) is 37.8 Å². The molecule has 1 N–H and O–H groups in total. The van der Waals surface area contributed by atoms with E-state index in [-0.39, 0.29) is 17.9 Å². The summed E-state index contributed by atoms with van der Waals surface area (Å²) in [5.41, 5.74) is 1.06. The zero-order chi connectivity index (χ0) is 17.1. The van der Waals surface area contributed by atoms with Crippen LogP contribution in [0, 0.1) is 0 Å². The van der Waals surface area contributed by atoms with E-state index in [1.165, 1.54) is 0 Å². The molecule has 24 heavy (non-hydrogen) atoms. The number of hydrogen-bond donors (Lipinski definition) is 1. The average Bonchev–Trinajstić information content (AvgIpc) is 2.96. The molecule has 2 heterocycles. The van der Waals surface area contributed by atoms with E-state index in [1.54, 1.807) is 14.0 Å². The highest BCUT2D eigenvalue weighted by Gasteiger charge is 2.32. The summed E-state index contributed by atoms with van der Waals surface area (Å²) in [7, 11) is 1.62. The number of aliphatic hydroxyl groups is 1. The quantitative estimate of drug-likeness (QED) is 0.884. The highest BCUT2D eigenvalue weighted by Crippen LogP contribution is 2.38. The molecule has 2 aliphatic rings. The van der Waals surface area contributed by atoms with E-state index < -0.39 is 6.10 Å². The molecule has 132 valence electrons. The van der Waals surface area contributed by atoms with Crippen molar-refractivity contribution in [1.82, 2.24) is 4.90 Å². The largest absolute Gasteiger partial charge is 0.497 e. The molecule has 1 amide bonds. The SMILES string of the molecule is COc1ccc2c(c1)OCC2CC(=O)N1CCOCC1CC(C)O. The van der Waals surface area contributed by atoms with Gasteiger partial charge in [-0.2, -0.15) is 0 Å². The van der Waals surface area contributed by atoms with Crippen LogP contribution in [0.3, 0.4) is 0 Å². The highest BCUT2D eigenvalue weighted by atomic mass is 16.5. The van der Waals surface area contributed by atoms with Crippen LogP contribution in [0.2, 0.25) is 0 Å². The van der Waals surface area contributed by atoms with Crippen molar-refractivity contribution in [3.05, 3.63) is 23.8 Å². The minimum Gasteiger partial charge on any atom is -0.497 e. The van der Waals surface area contributed by atoms with Crippen LogP contribution in [0.4, 0.5) is 0 Å². The minimum absolute atomic E-state index is 0.0519. The number of rotatable bonds is 5. The van der Waals surface area contributed by atoms with Crippen LogP contribution in [0.1, 0.15) is 31.2 Å². The summed E-state index contributed by atoms with van der Waals surface area (Å²) in [5, 5.41) is 9.64. The van der Waals surface area contributed by atoms with Crippen LogP contribution in [0.15, 0.2) is 18.2 Å². The summed E-state index contributed by atoms with van der Waals surface area (Å²) in [6, 6.07) is 5.69. The van der Waals surface area contributed by atoms with Gasteiger partial charge in [-0.1, -0.05) is 6.07 Å². The van der Waals surface area contributed by atoms with Crippen LogP contribution >= 0.6 is 0 Å². The Balaban J connectivity index is 1.67. The Labute approximate surface area is 142 Å². The standard InChI is InChI=1S/C18H25NO5/c1-12(20)7-14-11-23-6-5-19(14)18(21)8-13-10-24-17-9-15(22-2)3-4-16(13)17/h3-4,9,12-14,20H,5-8,10-11H2,1-2H3. The van der Waals surface area contributed by atoms with Crippen LogP contribution in [0.5, 0.6) is 11.5 Å². The zero-order valence-corrected chi connectivity index (χ0v) is 14.2. The van der Waals surface area contributed by atoms with Gasteiger partial charge in [0.1, 0.15) is 11.5 Å². The van der Waals surface area contributed by atoms with Gasteiger partial charge in [-0.05, 0) is 19.4 Å². The molecule has 0 aliphatic carbocycles. The Morgan fingerprint density at radius 3 is 3.04 bits per heavy atom. The van der Waals surface area contributed by atoms with Crippen molar-refractivity contribution < 1.29 is 24.1 Å². The minimum atomic E-state index is -0.449. The molecule has 1 saturated heterocycles. The molecule has 3 unspecified atom stereocenters. The van der Waals surface area contributed by atoms with Gasteiger partial charge >= 0.3 is 0 Å². The first-order valence-electron chi connectivity index (χ1n) is 8.44. The van der Waals surface area contributed by atoms with Crippen molar-refractivity contribution in [1.29, 1.82) is 0 Å². The fourth-order valence-corrected chi connectivity index (χ4v) is 3.45. The second kappa shape index (κ2) is 7.40. The smallest absolute Gasteiger partial charge is 0.223 e. The average molecular weight is 335 g/mol. The molecule has 0 spiro atoms. The summed E-state index contributed by atoms with van der Waals surface area (Å²) in [6.45, 7) is 3.88. The molecule has 6 nitrogen and oxygen atoms in total. The van der Waals surface area contributed by atoms with E-state index in [2.05, 4.69) is 0 Å². The predicted octanol–water partition coefficient (Wildman–Crippen LogP) is 1.56. The lowest BCUT2D eigenvalue weighted by atomic mass is 9.96. The van der Waals surface area contributed by atoms with Crippen molar-refractivity contribution in [2.24, 2.45) is 0 Å². The number of hydrogen-bond acceptors (Lipinski definition) is 5. The van der Waals surface area contributed by atoms with E-state index in [9.17, 15) is 9.90 Å². The molecule has 0 saturated carbocycles. The second-order valence-electron chi connectivity index (χ2n) is 6.52. The lowest BCUT2D eigenvalue weighted by Crippen LogP contribution is -2.50. The Morgan fingerprint density at radius 1 is 1.46 bits per heavy atom. The summed E-state index contributed by atoms with van der Waals surface area (Å²) in [4.78, 5) is 14.6. The van der Waals surface area contributed by atoms with Crippen LogP contribution in [-0.2, 0) is 9.53 Å². The van der Waals surface area contributed by atoms with Crippen molar-refractivity contribution in [3.63, 3.8) is 0 Å². The number of morpholine rings is 1. The second-order valence-corrected chi connectivity index (χ2v) is 6.52. The number of amides is 1. The molecule has 0 aromatic heterocycles. The van der Waals surface area contributed by atoms with E-state index in [1.807, 2.05) is 23.1 Å². The molecule has 0 bridgehead atoms. The molecule has 0 radical (unpaired) electrons. The van der Waals surface area contributed by atoms with Crippen LogP contribution < -0.4 is 9.47 Å². The normalized spacial score (nSPS) is 24.2. The summed E-state index contributed by atoms with van der Waals surface area (Å²) in [5.74, 6) is 1.72. The molecule has 1 fully saturated rings. The first kappa shape index (κ1) is 17.0. The van der Waals surface area contributed by atoms with Crippen molar-refractivity contribution >= 4 is 5.91 Å². The first-order chi connectivity index (χ1) is 11.6. The van der Waals surface area contributed by atoms with Crippen molar-refractivity contribution in [3.8, 4) is 11.5 Å². The van der Waals surface area contributed by atoms with E-state index in [0.29, 0.717) is 39.2 Å². The number of carbonyl (C=O) groups is 1. The number of fused-ring (bicyclic) bond motifs is 1. The first-order valence-corrected chi connectivity index (χ1v) is 8.44. The summed E-state index contributed by atoms with van der Waals surface area (Å²) in [6.07, 6.45) is 0.506. The fraction of sp³-hybridized carbons (Fsp3) is 0.611. The molecule has 3 rings (SSSR count). The van der Waals surface area contributed by atoms with Gasteiger partial charge in [-0.3, -0.25) is 4.79 Å². The lowest BCUT2D eigenvalue weighted by Gasteiger charge is -2.36. The van der Waals surface area contributed by atoms with Crippen molar-refractivity contribution in [2.75, 3.05) is 33.5 Å². The lowest BCUT2D eigenvalue weighted by molar-refractivity contribution is -0.141. The molecule has 6 heteroatoms. The Hall–Kier alpha value is -1.79. The fourth-order valence-electron chi connectivity index (χ4n) is 3.45. The number of benzene rings is 1. The summed E-state index contributed by atoms with van der Waals surface area (Å²) >= 11 is 0. The third-order valence-corrected chi connectivity index (χ3v) is 4.68. The maximum Gasteiger partial charge on any atom is 0.223 e. The van der Waals surface area contributed by atoms with Gasteiger partial charge in [0.2, 0.25) is 5.91 Å². The third kappa shape index (κ3) is 3.65.